The zero-order valence-corrected chi connectivity index (χ0v) is 15.1. The monoisotopic (exact) mass is 391 g/mol. The Morgan fingerprint density at radius 2 is 1.92 bits per heavy atom. The SMILES string of the molecule is COc1ccccc1CC(=O)OCC(=O)Nc1ccc(C)c(Br)c1. The first-order valence-electron chi connectivity index (χ1n) is 7.33. The Labute approximate surface area is 149 Å². The number of benzene rings is 2. The fourth-order valence-corrected chi connectivity index (χ4v) is 2.45. The number of amides is 1. The van der Waals surface area contributed by atoms with Crippen molar-refractivity contribution in [1.82, 2.24) is 0 Å². The maximum atomic E-state index is 11.9. The lowest BCUT2D eigenvalue weighted by atomic mass is 10.1. The summed E-state index contributed by atoms with van der Waals surface area (Å²) < 4.78 is 11.1. The molecule has 2 aromatic carbocycles. The van der Waals surface area contributed by atoms with Crippen LogP contribution in [0.4, 0.5) is 5.69 Å². The minimum atomic E-state index is -0.486. The maximum absolute atomic E-state index is 11.9. The second-order valence-electron chi connectivity index (χ2n) is 5.16. The summed E-state index contributed by atoms with van der Waals surface area (Å²) in [6.45, 7) is 1.62. The average molecular weight is 392 g/mol. The molecule has 0 atom stereocenters. The lowest BCUT2D eigenvalue weighted by Crippen LogP contribution is -2.21. The molecule has 5 nitrogen and oxygen atoms in total. The summed E-state index contributed by atoms with van der Waals surface area (Å²) in [5.41, 5.74) is 2.42. The van der Waals surface area contributed by atoms with Gasteiger partial charge in [-0.1, -0.05) is 40.2 Å². The molecule has 2 rings (SSSR count). The Hall–Kier alpha value is -2.34. The van der Waals surface area contributed by atoms with Crippen molar-refractivity contribution < 1.29 is 19.1 Å². The Morgan fingerprint density at radius 3 is 2.62 bits per heavy atom. The van der Waals surface area contributed by atoms with Gasteiger partial charge in [-0.05, 0) is 30.7 Å². The first-order chi connectivity index (χ1) is 11.5. The Morgan fingerprint density at radius 1 is 1.17 bits per heavy atom. The maximum Gasteiger partial charge on any atom is 0.310 e. The van der Waals surface area contributed by atoms with Crippen molar-refractivity contribution in [3.05, 3.63) is 58.1 Å². The highest BCUT2D eigenvalue weighted by molar-refractivity contribution is 9.10. The van der Waals surface area contributed by atoms with Crippen molar-refractivity contribution in [2.45, 2.75) is 13.3 Å². The molecule has 0 aliphatic rings. The van der Waals surface area contributed by atoms with Crippen molar-refractivity contribution in [3.8, 4) is 5.75 Å². The number of aryl methyl sites for hydroxylation is 1. The smallest absolute Gasteiger partial charge is 0.310 e. The Balaban J connectivity index is 1.84. The van der Waals surface area contributed by atoms with Crippen LogP contribution in [-0.2, 0) is 20.7 Å². The molecule has 0 unspecified atom stereocenters. The number of para-hydroxylation sites is 1. The standard InChI is InChI=1S/C18H18BrNO4/c1-12-7-8-14(10-15(12)19)20-17(21)11-24-18(22)9-13-5-3-4-6-16(13)23-2/h3-8,10H,9,11H2,1-2H3,(H,20,21). The normalized spacial score (nSPS) is 10.1. The van der Waals surface area contributed by atoms with E-state index in [2.05, 4.69) is 21.2 Å². The third-order valence-electron chi connectivity index (χ3n) is 3.35. The van der Waals surface area contributed by atoms with Crippen LogP contribution >= 0.6 is 15.9 Å². The number of hydrogen-bond acceptors (Lipinski definition) is 4. The van der Waals surface area contributed by atoms with Gasteiger partial charge in [0.1, 0.15) is 5.75 Å². The molecule has 1 N–H and O–H groups in total. The van der Waals surface area contributed by atoms with Crippen LogP contribution in [0.1, 0.15) is 11.1 Å². The summed E-state index contributed by atoms with van der Waals surface area (Å²) in [7, 11) is 1.54. The zero-order valence-electron chi connectivity index (χ0n) is 13.5. The fourth-order valence-electron chi connectivity index (χ4n) is 2.07. The lowest BCUT2D eigenvalue weighted by molar-refractivity contribution is -0.146. The van der Waals surface area contributed by atoms with Gasteiger partial charge in [0.25, 0.3) is 5.91 Å². The van der Waals surface area contributed by atoms with Crippen LogP contribution in [0.25, 0.3) is 0 Å². The van der Waals surface area contributed by atoms with Crippen LogP contribution in [0.15, 0.2) is 46.9 Å². The quantitative estimate of drug-likeness (QED) is 0.765. The molecule has 0 fully saturated rings. The molecular formula is C18H18BrNO4. The highest BCUT2D eigenvalue weighted by Gasteiger charge is 2.12. The molecule has 6 heteroatoms. The lowest BCUT2D eigenvalue weighted by Gasteiger charge is -2.09. The number of hydrogen-bond donors (Lipinski definition) is 1. The van der Waals surface area contributed by atoms with E-state index in [9.17, 15) is 9.59 Å². The van der Waals surface area contributed by atoms with Gasteiger partial charge in [0.2, 0.25) is 0 Å². The van der Waals surface area contributed by atoms with Gasteiger partial charge in [-0.2, -0.15) is 0 Å². The third-order valence-corrected chi connectivity index (χ3v) is 4.20. The molecule has 0 aromatic heterocycles. The van der Waals surface area contributed by atoms with Crippen LogP contribution in [0.2, 0.25) is 0 Å². The molecule has 0 saturated carbocycles. The highest BCUT2D eigenvalue weighted by atomic mass is 79.9. The van der Waals surface area contributed by atoms with E-state index in [1.54, 1.807) is 24.3 Å². The number of esters is 1. The minimum Gasteiger partial charge on any atom is -0.496 e. The number of carbonyl (C=O) groups excluding carboxylic acids is 2. The summed E-state index contributed by atoms with van der Waals surface area (Å²) in [6.07, 6.45) is 0.0490. The number of carbonyl (C=O) groups is 2. The van der Waals surface area contributed by atoms with E-state index in [0.29, 0.717) is 17.0 Å². The van der Waals surface area contributed by atoms with Gasteiger partial charge in [-0.3, -0.25) is 9.59 Å². The second-order valence-corrected chi connectivity index (χ2v) is 6.02. The van der Waals surface area contributed by atoms with Crippen LogP contribution in [0.5, 0.6) is 5.75 Å². The van der Waals surface area contributed by atoms with Gasteiger partial charge in [-0.25, -0.2) is 0 Å². The summed E-state index contributed by atoms with van der Waals surface area (Å²) in [5, 5.41) is 2.68. The number of anilines is 1. The Bertz CT molecular complexity index is 746. The van der Waals surface area contributed by atoms with E-state index in [4.69, 9.17) is 9.47 Å². The molecule has 0 saturated heterocycles. The van der Waals surface area contributed by atoms with Crippen molar-refractivity contribution in [2.24, 2.45) is 0 Å². The van der Waals surface area contributed by atoms with E-state index in [1.165, 1.54) is 7.11 Å². The molecule has 2 aromatic rings. The van der Waals surface area contributed by atoms with Crippen molar-refractivity contribution in [1.29, 1.82) is 0 Å². The number of nitrogens with one attached hydrogen (secondary N) is 1. The van der Waals surface area contributed by atoms with E-state index in [1.807, 2.05) is 25.1 Å². The van der Waals surface area contributed by atoms with Gasteiger partial charge in [0, 0.05) is 15.7 Å². The summed E-state index contributed by atoms with van der Waals surface area (Å²) in [6, 6.07) is 12.6. The zero-order chi connectivity index (χ0) is 17.5. The summed E-state index contributed by atoms with van der Waals surface area (Å²) in [5.74, 6) is -0.262. The molecule has 24 heavy (non-hydrogen) atoms. The largest absolute Gasteiger partial charge is 0.496 e. The molecular weight excluding hydrogens is 374 g/mol. The van der Waals surface area contributed by atoms with E-state index in [-0.39, 0.29) is 18.9 Å². The van der Waals surface area contributed by atoms with Gasteiger partial charge < -0.3 is 14.8 Å². The molecule has 1 amide bonds. The number of rotatable bonds is 6. The van der Waals surface area contributed by atoms with Gasteiger partial charge >= 0.3 is 5.97 Å². The molecule has 0 heterocycles. The van der Waals surface area contributed by atoms with Crippen LogP contribution in [0.3, 0.4) is 0 Å². The molecule has 0 bridgehead atoms. The topological polar surface area (TPSA) is 64.6 Å². The predicted molar refractivity (Wildman–Crippen MR) is 95.2 cm³/mol. The Kier molecular flexibility index (Phi) is 6.37. The fraction of sp³-hybridized carbons (Fsp3) is 0.222. The minimum absolute atomic E-state index is 0.0490. The third kappa shape index (κ3) is 5.09. The van der Waals surface area contributed by atoms with Crippen LogP contribution in [-0.4, -0.2) is 25.6 Å². The van der Waals surface area contributed by atoms with E-state index >= 15 is 0 Å². The predicted octanol–water partition coefficient (Wildman–Crippen LogP) is 3.49. The molecule has 126 valence electrons. The molecule has 0 radical (unpaired) electrons. The summed E-state index contributed by atoms with van der Waals surface area (Å²) in [4.78, 5) is 23.7. The van der Waals surface area contributed by atoms with Gasteiger partial charge in [-0.15, -0.1) is 0 Å². The van der Waals surface area contributed by atoms with Gasteiger partial charge in [0.05, 0.1) is 13.5 Å². The average Bonchev–Trinajstić information content (AvgIpc) is 2.57. The first kappa shape index (κ1) is 18.0. The van der Waals surface area contributed by atoms with Crippen LogP contribution < -0.4 is 10.1 Å². The number of halogens is 1. The number of methoxy groups -OCH3 is 1. The van der Waals surface area contributed by atoms with Gasteiger partial charge in [0.15, 0.2) is 6.61 Å². The van der Waals surface area contributed by atoms with Crippen molar-refractivity contribution in [3.63, 3.8) is 0 Å². The highest BCUT2D eigenvalue weighted by Crippen LogP contribution is 2.20. The number of ether oxygens (including phenoxy) is 2. The van der Waals surface area contributed by atoms with E-state index in [0.717, 1.165) is 10.0 Å². The summed E-state index contributed by atoms with van der Waals surface area (Å²) >= 11 is 3.40. The van der Waals surface area contributed by atoms with Crippen molar-refractivity contribution in [2.75, 3.05) is 19.0 Å². The molecule has 0 spiro atoms. The molecule has 0 aliphatic heterocycles. The molecule has 0 aliphatic carbocycles. The van der Waals surface area contributed by atoms with Crippen molar-refractivity contribution >= 4 is 33.5 Å². The first-order valence-corrected chi connectivity index (χ1v) is 8.12. The van der Waals surface area contributed by atoms with E-state index < -0.39 is 5.97 Å². The second kappa shape index (κ2) is 8.49. The van der Waals surface area contributed by atoms with Crippen LogP contribution in [0, 0.1) is 6.92 Å².